The van der Waals surface area contributed by atoms with Crippen LogP contribution in [0.2, 0.25) is 0 Å². The molecule has 1 aliphatic rings. The van der Waals surface area contributed by atoms with Crippen LogP contribution in [0.1, 0.15) is 31.9 Å². The smallest absolute Gasteiger partial charge is 0.412 e. The van der Waals surface area contributed by atoms with Crippen molar-refractivity contribution in [1.82, 2.24) is 0 Å². The molecule has 0 radical (unpaired) electrons. The van der Waals surface area contributed by atoms with E-state index in [1.54, 1.807) is 20.8 Å². The zero-order chi connectivity index (χ0) is 15.8. The van der Waals surface area contributed by atoms with Gasteiger partial charge in [0.25, 0.3) is 0 Å². The van der Waals surface area contributed by atoms with E-state index in [4.69, 9.17) is 9.84 Å². The molecule has 0 bridgehead atoms. The van der Waals surface area contributed by atoms with Gasteiger partial charge in [0.15, 0.2) is 0 Å². The van der Waals surface area contributed by atoms with E-state index in [1.807, 2.05) is 0 Å². The fraction of sp³-hybridized carbons (Fsp3) is 0.533. The second kappa shape index (κ2) is 5.60. The van der Waals surface area contributed by atoms with Crippen LogP contribution in [0.4, 0.5) is 19.3 Å². The highest BCUT2D eigenvalue weighted by Crippen LogP contribution is 2.34. The lowest BCUT2D eigenvalue weighted by Gasteiger charge is -2.20. The van der Waals surface area contributed by atoms with Crippen molar-refractivity contribution >= 4 is 11.8 Å². The molecule has 21 heavy (non-hydrogen) atoms. The van der Waals surface area contributed by atoms with Crippen LogP contribution >= 0.6 is 0 Å². The van der Waals surface area contributed by atoms with Crippen LogP contribution in [0.5, 0.6) is 0 Å². The summed E-state index contributed by atoms with van der Waals surface area (Å²) in [5.41, 5.74) is -0.460. The molecule has 0 aromatic heterocycles. The number of halogens is 2. The van der Waals surface area contributed by atoms with E-state index >= 15 is 0 Å². The molecule has 1 amide bonds. The minimum Gasteiger partial charge on any atom is -0.444 e. The molecule has 1 unspecified atom stereocenters. The van der Waals surface area contributed by atoms with Gasteiger partial charge >= 0.3 is 6.09 Å². The summed E-state index contributed by atoms with van der Waals surface area (Å²) in [5.74, 6) is -1.41. The number of aliphatic hydroxyl groups excluding tert-OH is 1. The maximum atomic E-state index is 14.3. The highest BCUT2D eigenvalue weighted by Gasteiger charge is 2.29. The van der Waals surface area contributed by atoms with E-state index in [0.717, 1.165) is 6.07 Å². The molecule has 1 aliphatic carbocycles. The maximum absolute atomic E-state index is 14.3. The second-order valence-corrected chi connectivity index (χ2v) is 6.26. The number of hydrogen-bond acceptors (Lipinski definition) is 3. The summed E-state index contributed by atoms with van der Waals surface area (Å²) in [7, 11) is 0. The Kier molecular flexibility index (Phi) is 4.18. The van der Waals surface area contributed by atoms with Gasteiger partial charge in [-0.1, -0.05) is 0 Å². The summed E-state index contributed by atoms with van der Waals surface area (Å²) in [4.78, 5) is 11.6. The molecule has 0 saturated carbocycles. The topological polar surface area (TPSA) is 58.6 Å². The minimum atomic E-state index is -0.836. The van der Waals surface area contributed by atoms with E-state index in [0.29, 0.717) is 6.42 Å². The van der Waals surface area contributed by atoms with Crippen molar-refractivity contribution < 1.29 is 23.4 Å². The predicted molar refractivity (Wildman–Crippen MR) is 74.2 cm³/mol. The molecule has 6 heteroatoms. The fourth-order valence-corrected chi connectivity index (χ4v) is 2.43. The van der Waals surface area contributed by atoms with Gasteiger partial charge in [0.2, 0.25) is 0 Å². The number of ether oxygens (including phenoxy) is 1. The molecular formula is C15H19F2NO3. The third-order valence-corrected chi connectivity index (χ3v) is 3.30. The standard InChI is InChI=1S/C15H19F2NO3/c1-15(2,3)21-14(20)18-12-6-11(16)9-4-8(7-19)5-10(9)13(12)17/h6,8,19H,4-5,7H2,1-3H3,(H,18,20). The SMILES string of the molecule is CC(C)(C)OC(=O)Nc1cc(F)c2c(c1F)CC(CO)C2. The third-order valence-electron chi connectivity index (χ3n) is 3.30. The van der Waals surface area contributed by atoms with Gasteiger partial charge in [-0.2, -0.15) is 0 Å². The quantitative estimate of drug-likeness (QED) is 0.882. The average Bonchev–Trinajstić information content (AvgIpc) is 2.78. The van der Waals surface area contributed by atoms with Gasteiger partial charge in [0, 0.05) is 12.7 Å². The molecule has 2 rings (SSSR count). The molecule has 0 aliphatic heterocycles. The normalized spacial score (nSPS) is 17.5. The lowest BCUT2D eigenvalue weighted by Crippen LogP contribution is -2.27. The van der Waals surface area contributed by atoms with Crippen LogP contribution in [0, 0.1) is 17.6 Å². The minimum absolute atomic E-state index is 0.123. The van der Waals surface area contributed by atoms with Gasteiger partial charge in [-0.3, -0.25) is 5.32 Å². The number of nitrogens with one attached hydrogen (secondary N) is 1. The Morgan fingerprint density at radius 1 is 1.38 bits per heavy atom. The molecule has 4 nitrogen and oxygen atoms in total. The number of benzene rings is 1. The molecule has 2 N–H and O–H groups in total. The Morgan fingerprint density at radius 3 is 2.57 bits per heavy atom. The van der Waals surface area contributed by atoms with Crippen molar-refractivity contribution in [2.45, 2.75) is 39.2 Å². The van der Waals surface area contributed by atoms with Crippen molar-refractivity contribution in [2.24, 2.45) is 5.92 Å². The van der Waals surface area contributed by atoms with Gasteiger partial charge < -0.3 is 9.84 Å². The largest absolute Gasteiger partial charge is 0.444 e. The molecule has 0 fully saturated rings. The highest BCUT2D eigenvalue weighted by atomic mass is 19.1. The number of fused-ring (bicyclic) bond motifs is 1. The van der Waals surface area contributed by atoms with Crippen molar-refractivity contribution in [2.75, 3.05) is 11.9 Å². The van der Waals surface area contributed by atoms with Crippen molar-refractivity contribution in [3.8, 4) is 0 Å². The molecule has 0 heterocycles. The van der Waals surface area contributed by atoms with Crippen LogP contribution in [-0.2, 0) is 17.6 Å². The molecular weight excluding hydrogens is 280 g/mol. The molecule has 0 spiro atoms. The van der Waals surface area contributed by atoms with Crippen LogP contribution < -0.4 is 5.32 Å². The molecule has 116 valence electrons. The first-order valence-corrected chi connectivity index (χ1v) is 6.82. The van der Waals surface area contributed by atoms with Gasteiger partial charge in [0.1, 0.15) is 17.2 Å². The number of carbonyl (C=O) groups is 1. The Labute approximate surface area is 122 Å². The van der Waals surface area contributed by atoms with Crippen LogP contribution in [-0.4, -0.2) is 23.4 Å². The first-order valence-electron chi connectivity index (χ1n) is 6.82. The zero-order valence-electron chi connectivity index (χ0n) is 12.3. The van der Waals surface area contributed by atoms with Gasteiger partial charge in [-0.05, 0) is 50.7 Å². The lowest BCUT2D eigenvalue weighted by molar-refractivity contribution is 0.0635. The number of amides is 1. The molecule has 1 aromatic rings. The van der Waals surface area contributed by atoms with E-state index in [9.17, 15) is 13.6 Å². The number of aliphatic hydroxyl groups is 1. The van der Waals surface area contributed by atoms with Gasteiger partial charge in [0.05, 0.1) is 5.69 Å². The Hall–Kier alpha value is -1.69. The summed E-state index contributed by atoms with van der Waals surface area (Å²) in [5, 5.41) is 11.4. The molecule has 1 aromatic carbocycles. The van der Waals surface area contributed by atoms with E-state index in [1.165, 1.54) is 0 Å². The van der Waals surface area contributed by atoms with Gasteiger partial charge in [-0.25, -0.2) is 13.6 Å². The summed E-state index contributed by atoms with van der Waals surface area (Å²) in [6.45, 7) is 4.91. The highest BCUT2D eigenvalue weighted by molar-refractivity contribution is 5.85. The number of hydrogen-bond donors (Lipinski definition) is 2. The Morgan fingerprint density at radius 2 is 2.00 bits per heavy atom. The van der Waals surface area contributed by atoms with Gasteiger partial charge in [-0.15, -0.1) is 0 Å². The summed E-state index contributed by atoms with van der Waals surface area (Å²) in [6.07, 6.45) is -0.267. The Bertz CT molecular complexity index is 567. The van der Waals surface area contributed by atoms with Crippen LogP contribution in [0.3, 0.4) is 0 Å². The number of anilines is 1. The van der Waals surface area contributed by atoms with E-state index in [-0.39, 0.29) is 35.8 Å². The fourth-order valence-electron chi connectivity index (χ4n) is 2.43. The summed E-state index contributed by atoms with van der Waals surface area (Å²) >= 11 is 0. The third kappa shape index (κ3) is 3.50. The molecule has 1 atom stereocenters. The Balaban J connectivity index is 2.24. The molecule has 0 saturated heterocycles. The predicted octanol–water partition coefficient (Wildman–Crippen LogP) is 3.02. The van der Waals surface area contributed by atoms with Crippen LogP contribution in [0.15, 0.2) is 6.07 Å². The van der Waals surface area contributed by atoms with E-state index in [2.05, 4.69) is 5.32 Å². The summed E-state index contributed by atoms with van der Waals surface area (Å²) < 4.78 is 33.3. The van der Waals surface area contributed by atoms with E-state index < -0.39 is 23.3 Å². The summed E-state index contributed by atoms with van der Waals surface area (Å²) in [6, 6.07) is 0.956. The number of carbonyl (C=O) groups excluding carboxylic acids is 1. The maximum Gasteiger partial charge on any atom is 0.412 e. The average molecular weight is 299 g/mol. The van der Waals surface area contributed by atoms with Crippen molar-refractivity contribution in [3.63, 3.8) is 0 Å². The first-order chi connectivity index (χ1) is 9.71. The van der Waals surface area contributed by atoms with Crippen molar-refractivity contribution in [1.29, 1.82) is 0 Å². The van der Waals surface area contributed by atoms with Crippen LogP contribution in [0.25, 0.3) is 0 Å². The second-order valence-electron chi connectivity index (χ2n) is 6.26. The lowest BCUT2D eigenvalue weighted by atomic mass is 10.1. The monoisotopic (exact) mass is 299 g/mol. The number of rotatable bonds is 2. The zero-order valence-corrected chi connectivity index (χ0v) is 12.3. The first kappa shape index (κ1) is 15.7. The van der Waals surface area contributed by atoms with Crippen molar-refractivity contribution in [3.05, 3.63) is 28.8 Å².